The van der Waals surface area contributed by atoms with Crippen molar-refractivity contribution in [3.05, 3.63) is 29.0 Å². The molecule has 0 saturated carbocycles. The highest BCUT2D eigenvalue weighted by Crippen LogP contribution is 2.05. The highest BCUT2D eigenvalue weighted by Gasteiger charge is 2.07. The molecule has 1 N–H and O–H groups in total. The summed E-state index contributed by atoms with van der Waals surface area (Å²) in [4.78, 5) is 15.3. The number of rotatable bonds is 3. The van der Waals surface area contributed by atoms with Crippen molar-refractivity contribution >= 4 is 17.5 Å². The van der Waals surface area contributed by atoms with E-state index in [2.05, 4.69) is 10.3 Å². The molecule has 0 fully saturated rings. The van der Waals surface area contributed by atoms with E-state index in [-0.39, 0.29) is 11.8 Å². The van der Waals surface area contributed by atoms with Crippen molar-refractivity contribution in [1.82, 2.24) is 10.3 Å². The van der Waals surface area contributed by atoms with E-state index in [9.17, 15) is 4.79 Å². The van der Waals surface area contributed by atoms with Crippen LogP contribution >= 0.6 is 11.6 Å². The van der Waals surface area contributed by atoms with Crippen LogP contribution in [0.25, 0.3) is 0 Å². The molecule has 78 valence electrons. The molecule has 1 aromatic heterocycles. The molecule has 1 aromatic rings. The van der Waals surface area contributed by atoms with Gasteiger partial charge in [0.2, 0.25) is 0 Å². The standard InChI is InChI=1S/C10H10ClN3O/c1-7(4-12)5-14-10(15)9-3-2-8(11)6-13-9/h2-3,6-7H,5H2,1H3,(H,14,15). The molecule has 0 aromatic carbocycles. The Labute approximate surface area is 92.9 Å². The Morgan fingerprint density at radius 3 is 3.00 bits per heavy atom. The number of halogens is 1. The number of aromatic nitrogens is 1. The molecular weight excluding hydrogens is 214 g/mol. The van der Waals surface area contributed by atoms with Crippen LogP contribution in [0.5, 0.6) is 0 Å². The molecule has 1 rings (SSSR count). The lowest BCUT2D eigenvalue weighted by Crippen LogP contribution is -2.28. The third kappa shape index (κ3) is 3.56. The zero-order valence-electron chi connectivity index (χ0n) is 8.20. The van der Waals surface area contributed by atoms with Crippen LogP contribution in [0.15, 0.2) is 18.3 Å². The summed E-state index contributed by atoms with van der Waals surface area (Å²) in [5, 5.41) is 11.6. The number of carbonyl (C=O) groups is 1. The number of nitrogens with one attached hydrogen (secondary N) is 1. The lowest BCUT2D eigenvalue weighted by atomic mass is 10.2. The molecule has 1 unspecified atom stereocenters. The summed E-state index contributed by atoms with van der Waals surface area (Å²) in [6.45, 7) is 2.05. The molecule has 15 heavy (non-hydrogen) atoms. The normalized spacial score (nSPS) is 11.5. The van der Waals surface area contributed by atoms with Crippen molar-refractivity contribution in [3.8, 4) is 6.07 Å². The van der Waals surface area contributed by atoms with Gasteiger partial charge in [0.05, 0.1) is 17.0 Å². The Kier molecular flexibility index (Phi) is 4.07. The topological polar surface area (TPSA) is 65.8 Å². The van der Waals surface area contributed by atoms with Gasteiger partial charge < -0.3 is 5.32 Å². The SMILES string of the molecule is CC(C#N)CNC(=O)c1ccc(Cl)cn1. The Morgan fingerprint density at radius 2 is 2.47 bits per heavy atom. The number of nitrogens with zero attached hydrogens (tertiary/aromatic N) is 2. The van der Waals surface area contributed by atoms with Crippen LogP contribution in [0, 0.1) is 17.2 Å². The van der Waals surface area contributed by atoms with Crippen LogP contribution in [0.4, 0.5) is 0 Å². The van der Waals surface area contributed by atoms with Crippen LogP contribution in [0.1, 0.15) is 17.4 Å². The maximum absolute atomic E-state index is 11.5. The zero-order valence-corrected chi connectivity index (χ0v) is 8.95. The molecule has 0 aliphatic heterocycles. The van der Waals surface area contributed by atoms with E-state index in [1.165, 1.54) is 12.3 Å². The molecule has 1 amide bonds. The van der Waals surface area contributed by atoms with Crippen molar-refractivity contribution in [1.29, 1.82) is 5.26 Å². The minimum Gasteiger partial charge on any atom is -0.349 e. The second-order valence-electron chi connectivity index (χ2n) is 3.10. The highest BCUT2D eigenvalue weighted by atomic mass is 35.5. The average Bonchev–Trinajstić information content (AvgIpc) is 2.26. The Hall–Kier alpha value is -1.60. The number of nitriles is 1. The first-order valence-electron chi connectivity index (χ1n) is 4.43. The van der Waals surface area contributed by atoms with Gasteiger partial charge >= 0.3 is 0 Å². The lowest BCUT2D eigenvalue weighted by molar-refractivity contribution is 0.0946. The van der Waals surface area contributed by atoms with Crippen LogP contribution in [-0.2, 0) is 0 Å². The fraction of sp³-hybridized carbons (Fsp3) is 0.300. The predicted molar refractivity (Wildman–Crippen MR) is 56.4 cm³/mol. The van der Waals surface area contributed by atoms with Gasteiger partial charge in [0.1, 0.15) is 5.69 Å². The molecule has 0 radical (unpaired) electrons. The molecule has 0 saturated heterocycles. The van der Waals surface area contributed by atoms with E-state index < -0.39 is 0 Å². The molecule has 5 heteroatoms. The van der Waals surface area contributed by atoms with Gasteiger partial charge in [-0.3, -0.25) is 4.79 Å². The Balaban J connectivity index is 2.55. The summed E-state index contributed by atoms with van der Waals surface area (Å²) in [7, 11) is 0. The van der Waals surface area contributed by atoms with E-state index in [1.807, 2.05) is 6.07 Å². The molecular formula is C10H10ClN3O. The van der Waals surface area contributed by atoms with E-state index in [0.29, 0.717) is 17.3 Å². The zero-order chi connectivity index (χ0) is 11.3. The third-order valence-electron chi connectivity index (χ3n) is 1.75. The third-order valence-corrected chi connectivity index (χ3v) is 1.97. The highest BCUT2D eigenvalue weighted by molar-refractivity contribution is 6.30. The first-order valence-corrected chi connectivity index (χ1v) is 4.80. The number of pyridine rings is 1. The first kappa shape index (κ1) is 11.5. The summed E-state index contributed by atoms with van der Waals surface area (Å²) in [6, 6.07) is 5.16. The lowest BCUT2D eigenvalue weighted by Gasteiger charge is -2.05. The van der Waals surface area contributed by atoms with Gasteiger partial charge in [-0.25, -0.2) is 4.98 Å². The number of hydrogen-bond acceptors (Lipinski definition) is 3. The summed E-state index contributed by atoms with van der Waals surface area (Å²) < 4.78 is 0. The van der Waals surface area contributed by atoms with E-state index in [0.717, 1.165) is 0 Å². The van der Waals surface area contributed by atoms with Gasteiger partial charge in [-0.05, 0) is 19.1 Å². The minimum atomic E-state index is -0.297. The number of amides is 1. The van der Waals surface area contributed by atoms with Gasteiger partial charge in [-0.15, -0.1) is 0 Å². The quantitative estimate of drug-likeness (QED) is 0.847. The van der Waals surface area contributed by atoms with Gasteiger partial charge in [0.15, 0.2) is 0 Å². The smallest absolute Gasteiger partial charge is 0.269 e. The van der Waals surface area contributed by atoms with Crippen LogP contribution < -0.4 is 5.32 Å². The van der Waals surface area contributed by atoms with E-state index >= 15 is 0 Å². The Bertz CT molecular complexity index is 383. The van der Waals surface area contributed by atoms with Gasteiger partial charge in [0.25, 0.3) is 5.91 Å². The van der Waals surface area contributed by atoms with Gasteiger partial charge in [0, 0.05) is 12.7 Å². The maximum Gasteiger partial charge on any atom is 0.269 e. The predicted octanol–water partition coefficient (Wildman–Crippen LogP) is 1.62. The first-order chi connectivity index (χ1) is 7.13. The van der Waals surface area contributed by atoms with Crippen LogP contribution in [0.2, 0.25) is 5.02 Å². The summed E-state index contributed by atoms with van der Waals surface area (Å²) in [5.41, 5.74) is 0.296. The second kappa shape index (κ2) is 5.32. The second-order valence-corrected chi connectivity index (χ2v) is 3.54. The van der Waals surface area contributed by atoms with Crippen molar-refractivity contribution in [3.63, 3.8) is 0 Å². The summed E-state index contributed by atoms with van der Waals surface area (Å²) in [5.74, 6) is -0.505. The van der Waals surface area contributed by atoms with Crippen LogP contribution in [0.3, 0.4) is 0 Å². The maximum atomic E-state index is 11.5. The molecule has 1 heterocycles. The number of carbonyl (C=O) groups excluding carboxylic acids is 1. The molecule has 1 atom stereocenters. The Morgan fingerprint density at radius 1 is 1.73 bits per heavy atom. The van der Waals surface area contributed by atoms with Crippen molar-refractivity contribution in [2.24, 2.45) is 5.92 Å². The van der Waals surface area contributed by atoms with E-state index in [4.69, 9.17) is 16.9 Å². The molecule has 0 aliphatic rings. The monoisotopic (exact) mass is 223 g/mol. The van der Waals surface area contributed by atoms with Crippen molar-refractivity contribution in [2.75, 3.05) is 6.54 Å². The van der Waals surface area contributed by atoms with Gasteiger partial charge in [-0.2, -0.15) is 5.26 Å². The summed E-state index contributed by atoms with van der Waals surface area (Å²) >= 11 is 5.63. The minimum absolute atomic E-state index is 0.207. The summed E-state index contributed by atoms with van der Waals surface area (Å²) in [6.07, 6.45) is 1.41. The molecule has 0 aliphatic carbocycles. The average molecular weight is 224 g/mol. The van der Waals surface area contributed by atoms with Crippen LogP contribution in [-0.4, -0.2) is 17.4 Å². The molecule has 0 spiro atoms. The molecule has 4 nitrogen and oxygen atoms in total. The fourth-order valence-corrected chi connectivity index (χ4v) is 1.00. The molecule has 0 bridgehead atoms. The van der Waals surface area contributed by atoms with Crippen molar-refractivity contribution < 1.29 is 4.79 Å². The largest absolute Gasteiger partial charge is 0.349 e. The number of hydrogen-bond donors (Lipinski definition) is 1. The van der Waals surface area contributed by atoms with Crippen molar-refractivity contribution in [2.45, 2.75) is 6.92 Å². The van der Waals surface area contributed by atoms with E-state index in [1.54, 1.807) is 13.0 Å². The fourth-order valence-electron chi connectivity index (χ4n) is 0.892. The van der Waals surface area contributed by atoms with Gasteiger partial charge in [-0.1, -0.05) is 11.6 Å².